The lowest BCUT2D eigenvalue weighted by atomic mass is 9.77. The van der Waals surface area contributed by atoms with Gasteiger partial charge in [-0.3, -0.25) is 0 Å². The quantitative estimate of drug-likeness (QED) is 0.169. The third kappa shape index (κ3) is 5.96. The summed E-state index contributed by atoms with van der Waals surface area (Å²) in [6.45, 7) is 0. The van der Waals surface area contributed by atoms with Crippen LogP contribution in [0.15, 0.2) is 129 Å². The predicted octanol–water partition coefficient (Wildman–Crippen LogP) is 7.14. The summed E-state index contributed by atoms with van der Waals surface area (Å²) in [5.74, 6) is 1.88. The normalized spacial score (nSPS) is 19.6. The van der Waals surface area contributed by atoms with Crippen molar-refractivity contribution in [3.8, 4) is 11.5 Å². The summed E-state index contributed by atoms with van der Waals surface area (Å²) in [6, 6.07) is 33.4. The molecule has 7 nitrogen and oxygen atoms in total. The molecule has 1 heterocycles. The Kier molecular flexibility index (Phi) is 8.11. The molecule has 0 bridgehead atoms. The third-order valence-electron chi connectivity index (χ3n) is 7.91. The number of benzene rings is 4. The van der Waals surface area contributed by atoms with Crippen LogP contribution in [0.1, 0.15) is 42.0 Å². The second-order valence-electron chi connectivity index (χ2n) is 10.6. The Morgan fingerprint density at radius 2 is 1.44 bits per heavy atom. The third-order valence-corrected chi connectivity index (χ3v) is 9.19. The second-order valence-corrected chi connectivity index (χ2v) is 12.2. The number of hydrogen-bond donors (Lipinski definition) is 0. The topological polar surface area (TPSA) is 80.6 Å². The van der Waals surface area contributed by atoms with Crippen LogP contribution in [0.4, 0.5) is 0 Å². The van der Waals surface area contributed by atoms with Gasteiger partial charge in [0.05, 0.1) is 30.9 Å². The van der Waals surface area contributed by atoms with E-state index in [-0.39, 0.29) is 22.7 Å². The van der Waals surface area contributed by atoms with E-state index in [1.165, 1.54) is 0 Å². The Morgan fingerprint density at radius 1 is 0.837 bits per heavy atom. The summed E-state index contributed by atoms with van der Waals surface area (Å²) in [4.78, 5) is 0.133. The predicted molar refractivity (Wildman–Crippen MR) is 170 cm³/mol. The maximum absolute atomic E-state index is 13.7. The highest BCUT2D eigenvalue weighted by Crippen LogP contribution is 2.45. The molecule has 4 aromatic rings. The molecule has 2 atom stereocenters. The molecule has 0 radical (unpaired) electrons. The monoisotopic (exact) mass is 591 g/mol. The standard InChI is InChI=1S/C35H33N3O4S/c1-41-29-20-16-25(17-21-29)24-28-12-9-15-32-33(28)36-38(34(32)26-18-22-30(42-2)23-19-26)35(27-10-5-3-6-11-27)37-43(39,40)31-13-7-4-8-14-31/h3-8,10-11,13-14,16-24,32,34H,9,12,15H2,1-2H3/b28-24+,37-35+. The summed E-state index contributed by atoms with van der Waals surface area (Å²) in [5.41, 5.74) is 4.84. The maximum atomic E-state index is 13.7. The van der Waals surface area contributed by atoms with Crippen molar-refractivity contribution in [1.29, 1.82) is 0 Å². The van der Waals surface area contributed by atoms with Crippen LogP contribution in [0.3, 0.4) is 0 Å². The van der Waals surface area contributed by atoms with Gasteiger partial charge in [-0.25, -0.2) is 5.01 Å². The summed E-state index contributed by atoms with van der Waals surface area (Å²) in [7, 11) is -0.732. The lowest BCUT2D eigenvalue weighted by molar-refractivity contribution is 0.304. The Bertz CT molecular complexity index is 1770. The summed E-state index contributed by atoms with van der Waals surface area (Å²) >= 11 is 0. The number of rotatable bonds is 7. The molecule has 1 fully saturated rings. The molecule has 0 spiro atoms. The van der Waals surface area contributed by atoms with Gasteiger partial charge in [-0.15, -0.1) is 4.40 Å². The minimum atomic E-state index is -4.03. The van der Waals surface area contributed by atoms with Crippen molar-refractivity contribution < 1.29 is 17.9 Å². The van der Waals surface area contributed by atoms with Crippen LogP contribution in [0, 0.1) is 5.92 Å². The van der Waals surface area contributed by atoms with Crippen LogP contribution in [0.2, 0.25) is 0 Å². The Morgan fingerprint density at radius 3 is 2.07 bits per heavy atom. The van der Waals surface area contributed by atoms with E-state index in [0.717, 1.165) is 53.2 Å². The fourth-order valence-electron chi connectivity index (χ4n) is 5.78. The number of sulfonamides is 1. The van der Waals surface area contributed by atoms with Gasteiger partial charge >= 0.3 is 0 Å². The zero-order chi connectivity index (χ0) is 29.8. The molecule has 1 aliphatic carbocycles. The number of fused-ring (bicyclic) bond motifs is 1. The van der Waals surface area contributed by atoms with Crippen molar-refractivity contribution in [2.45, 2.75) is 30.2 Å². The highest BCUT2D eigenvalue weighted by Gasteiger charge is 2.43. The van der Waals surface area contributed by atoms with E-state index in [4.69, 9.17) is 14.6 Å². The van der Waals surface area contributed by atoms with E-state index < -0.39 is 10.0 Å². The summed E-state index contributed by atoms with van der Waals surface area (Å²) in [5, 5.41) is 7.03. The number of amidine groups is 1. The smallest absolute Gasteiger partial charge is 0.284 e. The maximum Gasteiger partial charge on any atom is 0.284 e. The molecule has 1 aliphatic heterocycles. The number of nitrogens with zero attached hydrogens (tertiary/aromatic N) is 3. The molecule has 1 saturated carbocycles. The zero-order valence-electron chi connectivity index (χ0n) is 24.1. The molecular weight excluding hydrogens is 558 g/mol. The first kappa shape index (κ1) is 28.4. The molecule has 0 N–H and O–H groups in total. The van der Waals surface area contributed by atoms with Crippen molar-refractivity contribution in [1.82, 2.24) is 5.01 Å². The fraction of sp³-hybridized carbons (Fsp3) is 0.200. The average molecular weight is 592 g/mol. The van der Waals surface area contributed by atoms with E-state index in [2.05, 4.69) is 10.5 Å². The van der Waals surface area contributed by atoms with Crippen LogP contribution in [-0.2, 0) is 10.0 Å². The Hall–Kier alpha value is -4.69. The average Bonchev–Trinajstić information content (AvgIpc) is 3.45. The first-order valence-electron chi connectivity index (χ1n) is 14.3. The van der Waals surface area contributed by atoms with Crippen LogP contribution in [0.5, 0.6) is 11.5 Å². The van der Waals surface area contributed by atoms with Crippen LogP contribution in [-0.4, -0.2) is 39.2 Å². The molecule has 2 unspecified atom stereocenters. The molecule has 2 aliphatic rings. The van der Waals surface area contributed by atoms with Gasteiger partial charge in [0, 0.05) is 11.5 Å². The fourth-order valence-corrected chi connectivity index (χ4v) is 6.81. The lowest BCUT2D eigenvalue weighted by Gasteiger charge is -2.31. The van der Waals surface area contributed by atoms with Gasteiger partial charge in [0.15, 0.2) is 5.84 Å². The van der Waals surface area contributed by atoms with Crippen LogP contribution >= 0.6 is 0 Å². The molecule has 8 heteroatoms. The van der Waals surface area contributed by atoms with Crippen molar-refractivity contribution in [3.05, 3.63) is 131 Å². The van der Waals surface area contributed by atoms with Gasteiger partial charge in [0.1, 0.15) is 11.5 Å². The van der Waals surface area contributed by atoms with E-state index in [1.807, 2.05) is 83.9 Å². The molecule has 4 aromatic carbocycles. The largest absolute Gasteiger partial charge is 0.497 e. The van der Waals surface area contributed by atoms with Gasteiger partial charge in [0.25, 0.3) is 10.0 Å². The highest BCUT2D eigenvalue weighted by atomic mass is 32.2. The van der Waals surface area contributed by atoms with Gasteiger partial charge in [-0.1, -0.05) is 72.8 Å². The first-order chi connectivity index (χ1) is 21.0. The number of hydrazone groups is 1. The summed E-state index contributed by atoms with van der Waals surface area (Å²) in [6.07, 6.45) is 4.97. The van der Waals surface area contributed by atoms with Crippen molar-refractivity contribution in [2.24, 2.45) is 15.4 Å². The lowest BCUT2D eigenvalue weighted by Crippen LogP contribution is -2.33. The van der Waals surface area contributed by atoms with E-state index in [9.17, 15) is 8.42 Å². The highest BCUT2D eigenvalue weighted by molar-refractivity contribution is 7.90. The Labute approximate surface area is 252 Å². The Balaban J connectivity index is 1.52. The van der Waals surface area contributed by atoms with E-state index >= 15 is 0 Å². The van der Waals surface area contributed by atoms with E-state index in [1.54, 1.807) is 44.6 Å². The molecule has 0 aromatic heterocycles. The minimum absolute atomic E-state index is 0.0417. The number of allylic oxidation sites excluding steroid dienone is 1. The van der Waals surface area contributed by atoms with Gasteiger partial charge < -0.3 is 9.47 Å². The molecule has 218 valence electrons. The number of ether oxygens (including phenoxy) is 2. The minimum Gasteiger partial charge on any atom is -0.497 e. The van der Waals surface area contributed by atoms with Crippen molar-refractivity contribution in [2.75, 3.05) is 14.2 Å². The first-order valence-corrected chi connectivity index (χ1v) is 15.7. The molecule has 0 saturated heterocycles. The summed E-state index contributed by atoms with van der Waals surface area (Å²) < 4.78 is 42.6. The van der Waals surface area contributed by atoms with Crippen molar-refractivity contribution >= 4 is 27.6 Å². The SMILES string of the molecule is COc1ccc(/C=C2\CCCC3C2=NN(/C(=N/S(=O)(=O)c2ccccc2)c2ccccc2)C3c2ccc(OC)cc2)cc1. The van der Waals surface area contributed by atoms with Gasteiger partial charge in [0.2, 0.25) is 0 Å². The molecular formula is C35H33N3O4S. The number of methoxy groups -OCH3 is 2. The van der Waals surface area contributed by atoms with Crippen LogP contribution < -0.4 is 9.47 Å². The van der Waals surface area contributed by atoms with Crippen molar-refractivity contribution in [3.63, 3.8) is 0 Å². The zero-order valence-corrected chi connectivity index (χ0v) is 24.9. The molecule has 6 rings (SSSR count). The van der Waals surface area contributed by atoms with Gasteiger partial charge in [-0.05, 0) is 78.4 Å². The van der Waals surface area contributed by atoms with E-state index in [0.29, 0.717) is 5.56 Å². The molecule has 0 amide bonds. The van der Waals surface area contributed by atoms with Gasteiger partial charge in [-0.2, -0.15) is 13.5 Å². The second kappa shape index (κ2) is 12.3. The number of hydrogen-bond acceptors (Lipinski definition) is 5. The molecule has 43 heavy (non-hydrogen) atoms. The van der Waals surface area contributed by atoms with Crippen LogP contribution in [0.25, 0.3) is 6.08 Å².